The Balaban J connectivity index is 1.61. The molecule has 2 unspecified atom stereocenters. The number of amides is 2. The highest BCUT2D eigenvalue weighted by molar-refractivity contribution is 5.89. The molecule has 0 bridgehead atoms. The molecule has 4 rings (SSSR count). The van der Waals surface area contributed by atoms with E-state index in [1.807, 2.05) is 23.1 Å². The third kappa shape index (κ3) is 6.24. The molecule has 2 aromatic carbocycles. The Labute approximate surface area is 214 Å². The predicted octanol–water partition coefficient (Wildman–Crippen LogP) is 2.05. The van der Waals surface area contributed by atoms with E-state index in [-0.39, 0.29) is 24.5 Å². The summed E-state index contributed by atoms with van der Waals surface area (Å²) in [6.07, 6.45) is 0.605. The third-order valence-corrected chi connectivity index (χ3v) is 7.25. The van der Waals surface area contributed by atoms with E-state index in [9.17, 15) is 9.59 Å². The van der Waals surface area contributed by atoms with Gasteiger partial charge < -0.3 is 24.6 Å². The van der Waals surface area contributed by atoms with Gasteiger partial charge in [-0.25, -0.2) is 0 Å². The number of nitrogens with one attached hydrogen (secondary N) is 1. The first-order valence-corrected chi connectivity index (χ1v) is 12.7. The minimum Gasteiger partial charge on any atom is -0.497 e. The van der Waals surface area contributed by atoms with Crippen molar-refractivity contribution in [1.29, 1.82) is 0 Å². The maximum absolute atomic E-state index is 13.6. The Morgan fingerprint density at radius 1 is 1.06 bits per heavy atom. The van der Waals surface area contributed by atoms with Crippen molar-refractivity contribution in [2.24, 2.45) is 0 Å². The molecular formula is C28H38N4O4. The molecule has 2 aliphatic heterocycles. The van der Waals surface area contributed by atoms with Crippen LogP contribution < -0.4 is 10.1 Å². The second kappa shape index (κ2) is 12.3. The zero-order valence-corrected chi connectivity index (χ0v) is 21.6. The Kier molecular flexibility index (Phi) is 8.96. The van der Waals surface area contributed by atoms with Gasteiger partial charge in [-0.05, 0) is 42.2 Å². The second-order valence-corrected chi connectivity index (χ2v) is 9.64. The SMILES string of the molecule is COCC(=O)N1CC(N(Cc2cccc(OC)c2)Cc2ccccc2C)CC1C(=O)N1CCNCC1. The van der Waals surface area contributed by atoms with E-state index in [4.69, 9.17) is 9.47 Å². The first-order valence-electron chi connectivity index (χ1n) is 12.7. The summed E-state index contributed by atoms with van der Waals surface area (Å²) in [7, 11) is 3.19. The number of benzene rings is 2. The number of nitrogens with zero attached hydrogens (tertiary/aromatic N) is 3. The Morgan fingerprint density at radius 2 is 1.83 bits per heavy atom. The quantitative estimate of drug-likeness (QED) is 0.575. The average Bonchev–Trinajstić information content (AvgIpc) is 3.35. The van der Waals surface area contributed by atoms with Crippen molar-refractivity contribution < 1.29 is 19.1 Å². The fourth-order valence-corrected chi connectivity index (χ4v) is 5.22. The van der Waals surface area contributed by atoms with Gasteiger partial charge in [-0.2, -0.15) is 0 Å². The maximum atomic E-state index is 13.6. The van der Waals surface area contributed by atoms with Crippen molar-refractivity contribution >= 4 is 11.8 Å². The predicted molar refractivity (Wildman–Crippen MR) is 139 cm³/mol. The fraction of sp³-hybridized carbons (Fsp3) is 0.500. The van der Waals surface area contributed by atoms with Crippen LogP contribution in [0.5, 0.6) is 5.75 Å². The summed E-state index contributed by atoms with van der Waals surface area (Å²) >= 11 is 0. The number of carbonyl (C=O) groups excluding carboxylic acids is 2. The minimum atomic E-state index is -0.472. The van der Waals surface area contributed by atoms with Crippen LogP contribution in [0.25, 0.3) is 0 Å². The first kappa shape index (κ1) is 26.1. The lowest BCUT2D eigenvalue weighted by Crippen LogP contribution is -2.53. The molecule has 2 saturated heterocycles. The smallest absolute Gasteiger partial charge is 0.249 e. The molecule has 8 heteroatoms. The molecule has 2 heterocycles. The summed E-state index contributed by atoms with van der Waals surface area (Å²) in [6.45, 7) is 6.93. The highest BCUT2D eigenvalue weighted by Gasteiger charge is 2.43. The molecule has 2 atom stereocenters. The number of hydrogen-bond acceptors (Lipinski definition) is 6. The monoisotopic (exact) mass is 494 g/mol. The van der Waals surface area contributed by atoms with E-state index < -0.39 is 6.04 Å². The van der Waals surface area contributed by atoms with Crippen LogP contribution in [0.1, 0.15) is 23.1 Å². The first-order chi connectivity index (χ1) is 17.5. The molecule has 36 heavy (non-hydrogen) atoms. The van der Waals surface area contributed by atoms with Crippen molar-refractivity contribution in [3.05, 3.63) is 65.2 Å². The molecule has 2 fully saturated rings. The number of ether oxygens (including phenoxy) is 2. The normalized spacial score (nSPS) is 20.1. The van der Waals surface area contributed by atoms with Crippen molar-refractivity contribution in [3.8, 4) is 5.75 Å². The van der Waals surface area contributed by atoms with Crippen LogP contribution in [0.3, 0.4) is 0 Å². The molecule has 8 nitrogen and oxygen atoms in total. The molecule has 2 aliphatic rings. The lowest BCUT2D eigenvalue weighted by molar-refractivity contribution is -0.146. The largest absolute Gasteiger partial charge is 0.497 e. The minimum absolute atomic E-state index is 0.0221. The highest BCUT2D eigenvalue weighted by Crippen LogP contribution is 2.28. The van der Waals surface area contributed by atoms with Crippen LogP contribution in [0, 0.1) is 6.92 Å². The zero-order chi connectivity index (χ0) is 25.5. The standard InChI is InChI=1S/C28H38N4O4/c1-21-7-4-5-9-23(21)18-31(17-22-8-6-10-25(15-22)36-3)24-16-26(32(19-24)27(33)20-35-2)28(34)30-13-11-29-12-14-30/h4-10,15,24,26,29H,11-14,16-20H2,1-3H3. The molecular weight excluding hydrogens is 456 g/mol. The van der Waals surface area contributed by atoms with Gasteiger partial charge in [0.2, 0.25) is 11.8 Å². The molecule has 0 aromatic heterocycles. The van der Waals surface area contributed by atoms with E-state index >= 15 is 0 Å². The van der Waals surface area contributed by atoms with Gasteiger partial charge in [-0.1, -0.05) is 36.4 Å². The number of piperazine rings is 1. The number of carbonyl (C=O) groups is 2. The summed E-state index contributed by atoms with van der Waals surface area (Å²) in [6, 6.07) is 16.0. The van der Waals surface area contributed by atoms with Gasteiger partial charge in [0.05, 0.1) is 7.11 Å². The van der Waals surface area contributed by atoms with Crippen LogP contribution in [-0.2, 0) is 27.4 Å². The van der Waals surface area contributed by atoms with Crippen molar-refractivity contribution in [3.63, 3.8) is 0 Å². The van der Waals surface area contributed by atoms with Crippen LogP contribution >= 0.6 is 0 Å². The number of aryl methyl sites for hydroxylation is 1. The zero-order valence-electron chi connectivity index (χ0n) is 21.6. The van der Waals surface area contributed by atoms with Gasteiger partial charge in [-0.15, -0.1) is 0 Å². The van der Waals surface area contributed by atoms with Crippen LogP contribution in [0.4, 0.5) is 0 Å². The lowest BCUT2D eigenvalue weighted by atomic mass is 10.0. The molecule has 0 aliphatic carbocycles. The van der Waals surface area contributed by atoms with E-state index in [0.717, 1.165) is 30.9 Å². The van der Waals surface area contributed by atoms with Crippen molar-refractivity contribution in [2.45, 2.75) is 38.5 Å². The number of rotatable bonds is 9. The summed E-state index contributed by atoms with van der Waals surface area (Å²) in [4.78, 5) is 32.7. The van der Waals surface area contributed by atoms with Gasteiger partial charge in [0.25, 0.3) is 0 Å². The van der Waals surface area contributed by atoms with Gasteiger partial charge >= 0.3 is 0 Å². The van der Waals surface area contributed by atoms with E-state index in [1.54, 1.807) is 12.0 Å². The summed E-state index contributed by atoms with van der Waals surface area (Å²) in [5.74, 6) is 0.727. The summed E-state index contributed by atoms with van der Waals surface area (Å²) in [5.41, 5.74) is 3.61. The van der Waals surface area contributed by atoms with E-state index in [1.165, 1.54) is 18.2 Å². The topological polar surface area (TPSA) is 74.4 Å². The van der Waals surface area contributed by atoms with Crippen LogP contribution in [0.2, 0.25) is 0 Å². The number of likely N-dealkylation sites (tertiary alicyclic amines) is 1. The maximum Gasteiger partial charge on any atom is 0.249 e. The van der Waals surface area contributed by atoms with E-state index in [0.29, 0.717) is 32.6 Å². The Morgan fingerprint density at radius 3 is 2.56 bits per heavy atom. The van der Waals surface area contributed by atoms with Crippen molar-refractivity contribution in [2.75, 3.05) is 53.6 Å². The van der Waals surface area contributed by atoms with Gasteiger partial charge in [-0.3, -0.25) is 14.5 Å². The van der Waals surface area contributed by atoms with Crippen LogP contribution in [0.15, 0.2) is 48.5 Å². The van der Waals surface area contributed by atoms with Gasteiger partial charge in [0.1, 0.15) is 18.4 Å². The lowest BCUT2D eigenvalue weighted by Gasteiger charge is -2.32. The fourth-order valence-electron chi connectivity index (χ4n) is 5.22. The third-order valence-electron chi connectivity index (χ3n) is 7.25. The Hall–Kier alpha value is -2.94. The molecule has 2 amide bonds. The average molecular weight is 495 g/mol. The molecule has 0 radical (unpaired) electrons. The van der Waals surface area contributed by atoms with Crippen LogP contribution in [-0.4, -0.2) is 92.1 Å². The van der Waals surface area contributed by atoms with Gasteiger partial charge in [0.15, 0.2) is 0 Å². The molecule has 194 valence electrons. The Bertz CT molecular complexity index is 1040. The van der Waals surface area contributed by atoms with Gasteiger partial charge in [0, 0.05) is 59.0 Å². The molecule has 2 aromatic rings. The number of methoxy groups -OCH3 is 2. The molecule has 0 spiro atoms. The highest BCUT2D eigenvalue weighted by atomic mass is 16.5. The molecule has 0 saturated carbocycles. The second-order valence-electron chi connectivity index (χ2n) is 9.64. The summed E-state index contributed by atoms with van der Waals surface area (Å²) in [5, 5.41) is 3.30. The van der Waals surface area contributed by atoms with Crippen molar-refractivity contribution in [1.82, 2.24) is 20.0 Å². The van der Waals surface area contributed by atoms with E-state index in [2.05, 4.69) is 47.5 Å². The summed E-state index contributed by atoms with van der Waals surface area (Å²) < 4.78 is 10.6. The molecule has 1 N–H and O–H groups in total. The number of hydrogen-bond donors (Lipinski definition) is 1.